The second-order valence-electron chi connectivity index (χ2n) is 8.22. The third kappa shape index (κ3) is 6.60. The summed E-state index contributed by atoms with van der Waals surface area (Å²) in [6, 6.07) is 6.89. The first kappa shape index (κ1) is 24.3. The largest absolute Gasteiger partial charge is 0.483 e. The average molecular weight is 456 g/mol. The number of ether oxygens (including phenoxy) is 3. The van der Waals surface area contributed by atoms with Gasteiger partial charge in [0.25, 0.3) is 6.47 Å². The van der Waals surface area contributed by atoms with Crippen LogP contribution in [0.15, 0.2) is 24.3 Å². The predicted molar refractivity (Wildman–Crippen MR) is 110 cm³/mol. The normalized spacial score (nSPS) is 24.3. The van der Waals surface area contributed by atoms with Crippen LogP contribution in [0.4, 0.5) is 8.78 Å². The summed E-state index contributed by atoms with van der Waals surface area (Å²) in [6.45, 7) is 1.93. The van der Waals surface area contributed by atoms with Crippen molar-refractivity contribution in [2.45, 2.75) is 32.0 Å². The predicted octanol–water partition coefficient (Wildman–Crippen LogP) is 2.07. The highest BCUT2D eigenvalue weighted by Crippen LogP contribution is 2.28. The fourth-order valence-electron chi connectivity index (χ4n) is 4.60. The molecule has 1 N–H and O–H groups in total. The topological polar surface area (TPSA) is 88.5 Å². The van der Waals surface area contributed by atoms with Crippen molar-refractivity contribution < 1.29 is 37.7 Å². The lowest BCUT2D eigenvalue weighted by atomic mass is 9.97. The van der Waals surface area contributed by atoms with E-state index in [0.29, 0.717) is 46.1 Å². The van der Waals surface area contributed by atoms with Gasteiger partial charge in [0.2, 0.25) is 5.91 Å². The van der Waals surface area contributed by atoms with Gasteiger partial charge in [-0.2, -0.15) is 8.78 Å². The second-order valence-corrected chi connectivity index (χ2v) is 8.22. The van der Waals surface area contributed by atoms with Crippen molar-refractivity contribution in [3.8, 4) is 5.75 Å². The van der Waals surface area contributed by atoms with Crippen LogP contribution in [-0.2, 0) is 25.6 Å². The molecule has 3 heterocycles. The highest BCUT2D eigenvalue weighted by atomic mass is 19.3. The Balaban J connectivity index is 0.000000913. The zero-order valence-electron chi connectivity index (χ0n) is 17.9. The Labute approximate surface area is 186 Å². The fourth-order valence-corrected chi connectivity index (χ4v) is 4.60. The number of benzene rings is 1. The molecule has 3 fully saturated rings. The van der Waals surface area contributed by atoms with Gasteiger partial charge in [-0.25, -0.2) is 0 Å². The number of hydrogen-bond acceptors (Lipinski definition) is 6. The SMILES string of the molecule is O=C(C1CCOCC1)N1C[C@H]2COC[C@@H]1CN(Cc1ccccc1OC(F)F)C2.O=CO. The summed E-state index contributed by atoms with van der Waals surface area (Å²) >= 11 is 0. The maximum absolute atomic E-state index is 13.2. The van der Waals surface area contributed by atoms with E-state index in [0.717, 1.165) is 24.9 Å². The molecule has 2 bridgehead atoms. The number of carboxylic acid groups (broad SMARTS) is 1. The van der Waals surface area contributed by atoms with Crippen molar-refractivity contribution in [3.63, 3.8) is 0 Å². The first-order valence-electron chi connectivity index (χ1n) is 10.8. The maximum Gasteiger partial charge on any atom is 0.387 e. The molecule has 0 unspecified atom stereocenters. The fraction of sp³-hybridized carbons (Fsp3) is 0.636. The molecule has 3 aliphatic rings. The molecule has 1 aromatic rings. The van der Waals surface area contributed by atoms with Gasteiger partial charge in [-0.05, 0) is 18.9 Å². The van der Waals surface area contributed by atoms with E-state index in [1.54, 1.807) is 12.1 Å². The number of amides is 1. The lowest BCUT2D eigenvalue weighted by molar-refractivity contribution is -0.141. The smallest absolute Gasteiger partial charge is 0.387 e. The molecular weight excluding hydrogens is 426 g/mol. The molecule has 0 saturated carbocycles. The van der Waals surface area contributed by atoms with Crippen LogP contribution in [-0.4, -0.2) is 86.0 Å². The van der Waals surface area contributed by atoms with Crippen molar-refractivity contribution >= 4 is 12.4 Å². The molecule has 3 saturated heterocycles. The monoisotopic (exact) mass is 456 g/mol. The van der Waals surface area contributed by atoms with Crippen LogP contribution >= 0.6 is 0 Å². The summed E-state index contributed by atoms with van der Waals surface area (Å²) in [5.41, 5.74) is 0.732. The van der Waals surface area contributed by atoms with E-state index in [1.807, 2.05) is 17.0 Å². The first-order chi connectivity index (χ1) is 15.5. The van der Waals surface area contributed by atoms with E-state index < -0.39 is 6.61 Å². The van der Waals surface area contributed by atoms with Crippen molar-refractivity contribution in [2.24, 2.45) is 11.8 Å². The third-order valence-electron chi connectivity index (χ3n) is 5.98. The van der Waals surface area contributed by atoms with Crippen LogP contribution in [0.3, 0.4) is 0 Å². The molecule has 3 aliphatic heterocycles. The number of nitrogens with zero attached hydrogens (tertiary/aromatic N) is 2. The number of carbonyl (C=O) groups excluding carboxylic acids is 1. The van der Waals surface area contributed by atoms with Gasteiger partial charge in [-0.15, -0.1) is 0 Å². The summed E-state index contributed by atoms with van der Waals surface area (Å²) in [6.07, 6.45) is 1.55. The van der Waals surface area contributed by atoms with Gasteiger partial charge in [0, 0.05) is 56.8 Å². The summed E-state index contributed by atoms with van der Waals surface area (Å²) in [4.78, 5) is 25.8. The number of hydrogen-bond donors (Lipinski definition) is 1. The van der Waals surface area contributed by atoms with E-state index in [9.17, 15) is 13.6 Å². The van der Waals surface area contributed by atoms with Gasteiger partial charge in [-0.3, -0.25) is 14.5 Å². The summed E-state index contributed by atoms with van der Waals surface area (Å²) in [7, 11) is 0. The molecule has 0 aromatic heterocycles. The molecule has 2 atom stereocenters. The van der Waals surface area contributed by atoms with Gasteiger partial charge in [-0.1, -0.05) is 18.2 Å². The van der Waals surface area contributed by atoms with Crippen molar-refractivity contribution in [1.29, 1.82) is 0 Å². The number of halogens is 2. The Morgan fingerprint density at radius 1 is 1.16 bits per heavy atom. The minimum atomic E-state index is -2.85. The third-order valence-corrected chi connectivity index (χ3v) is 5.98. The van der Waals surface area contributed by atoms with Crippen molar-refractivity contribution in [3.05, 3.63) is 29.8 Å². The molecular formula is C22H30F2N2O6. The molecule has 0 aliphatic carbocycles. The van der Waals surface area contributed by atoms with E-state index in [4.69, 9.17) is 19.4 Å². The van der Waals surface area contributed by atoms with Crippen molar-refractivity contribution in [2.75, 3.05) is 46.1 Å². The Morgan fingerprint density at radius 2 is 1.88 bits per heavy atom. The number of rotatable bonds is 5. The molecule has 0 spiro atoms. The van der Waals surface area contributed by atoms with E-state index in [2.05, 4.69) is 9.64 Å². The summed E-state index contributed by atoms with van der Waals surface area (Å²) in [5, 5.41) is 6.89. The Bertz CT molecular complexity index is 747. The quantitative estimate of drug-likeness (QED) is 0.679. The lowest BCUT2D eigenvalue weighted by Crippen LogP contribution is -2.49. The van der Waals surface area contributed by atoms with Crippen LogP contribution in [0, 0.1) is 11.8 Å². The highest BCUT2D eigenvalue weighted by molar-refractivity contribution is 5.79. The molecule has 0 radical (unpaired) electrons. The lowest BCUT2D eigenvalue weighted by Gasteiger charge is -2.34. The number of fused-ring (bicyclic) bond motifs is 3. The van der Waals surface area contributed by atoms with Crippen LogP contribution in [0.5, 0.6) is 5.75 Å². The minimum Gasteiger partial charge on any atom is -0.483 e. The standard InChI is InChI=1S/C21H28F2N2O4.CH2O2/c22-21(23)29-19-4-2-1-3-17(19)11-24-9-15-10-25(18(12-24)14-28-13-15)20(26)16-5-7-27-8-6-16;2-1-3/h1-4,15-16,18,21H,5-14H2;1H,(H,2,3)/t15-,18-;/m0./s1. The minimum absolute atomic E-state index is 0.0247. The van der Waals surface area contributed by atoms with E-state index in [-0.39, 0.29) is 36.0 Å². The van der Waals surface area contributed by atoms with Gasteiger partial charge < -0.3 is 24.2 Å². The second kappa shape index (κ2) is 12.1. The maximum atomic E-state index is 13.2. The van der Waals surface area contributed by atoms with Gasteiger partial charge in [0.1, 0.15) is 5.75 Å². The zero-order chi connectivity index (χ0) is 22.9. The summed E-state index contributed by atoms with van der Waals surface area (Å²) in [5.74, 6) is 0.645. The van der Waals surface area contributed by atoms with Crippen molar-refractivity contribution in [1.82, 2.24) is 9.80 Å². The molecule has 1 amide bonds. The summed E-state index contributed by atoms with van der Waals surface area (Å²) < 4.78 is 41.4. The Kier molecular flexibility index (Phi) is 9.19. The van der Waals surface area contributed by atoms with Gasteiger partial charge in [0.05, 0.1) is 19.3 Å². The Morgan fingerprint density at radius 3 is 2.59 bits per heavy atom. The highest BCUT2D eigenvalue weighted by Gasteiger charge is 2.38. The molecule has 4 rings (SSSR count). The Hall–Kier alpha value is -2.30. The molecule has 1 aromatic carbocycles. The zero-order valence-corrected chi connectivity index (χ0v) is 17.9. The van der Waals surface area contributed by atoms with Gasteiger partial charge in [0.15, 0.2) is 0 Å². The molecule has 32 heavy (non-hydrogen) atoms. The number of alkyl halides is 2. The van der Waals surface area contributed by atoms with E-state index in [1.165, 1.54) is 0 Å². The molecule has 10 heteroatoms. The number of carbonyl (C=O) groups is 2. The average Bonchev–Trinajstić information content (AvgIpc) is 3.06. The molecule has 8 nitrogen and oxygen atoms in total. The molecule has 178 valence electrons. The van der Waals surface area contributed by atoms with Crippen LogP contribution in [0.1, 0.15) is 18.4 Å². The van der Waals surface area contributed by atoms with Crippen LogP contribution in [0.2, 0.25) is 0 Å². The van der Waals surface area contributed by atoms with Crippen LogP contribution < -0.4 is 4.74 Å². The number of para-hydroxylation sites is 1. The first-order valence-corrected chi connectivity index (χ1v) is 10.8. The van der Waals surface area contributed by atoms with Crippen LogP contribution in [0.25, 0.3) is 0 Å². The van der Waals surface area contributed by atoms with E-state index >= 15 is 0 Å². The van der Waals surface area contributed by atoms with Gasteiger partial charge >= 0.3 is 6.61 Å².